The number of phenolic OH excluding ortho intramolecular Hbond substituents is 1. The van der Waals surface area contributed by atoms with Crippen molar-refractivity contribution in [2.24, 2.45) is 0 Å². The van der Waals surface area contributed by atoms with E-state index in [0.717, 1.165) is 6.54 Å². The molecular weight excluding hydrogens is 260 g/mol. The topological polar surface area (TPSA) is 97.6 Å². The molecular formula is C13H16N4O3. The minimum Gasteiger partial charge on any atom is -0.507 e. The second-order valence-electron chi connectivity index (χ2n) is 4.86. The molecule has 0 spiro atoms. The number of nitrogens with two attached hydrogens (primary N) is 1. The Morgan fingerprint density at radius 2 is 2.30 bits per heavy atom. The molecule has 0 amide bonds. The number of nitrogen functional groups attached to an aromatic ring is 1. The summed E-state index contributed by atoms with van der Waals surface area (Å²) in [5.41, 5.74) is 6.53. The Morgan fingerprint density at radius 1 is 1.45 bits per heavy atom. The number of aromatic nitrogens is 2. The van der Waals surface area contributed by atoms with Gasteiger partial charge in [0.25, 0.3) is 5.89 Å². The summed E-state index contributed by atoms with van der Waals surface area (Å²) in [7, 11) is 2.02. The number of hydrogen-bond acceptors (Lipinski definition) is 7. The highest BCUT2D eigenvalue weighted by molar-refractivity contribution is 5.66. The first-order valence-electron chi connectivity index (χ1n) is 6.36. The Balaban J connectivity index is 1.86. The van der Waals surface area contributed by atoms with E-state index >= 15 is 0 Å². The number of likely N-dealkylation sites (N-methyl/N-ethyl adjacent to an activating group) is 1. The monoisotopic (exact) mass is 276 g/mol. The molecule has 106 valence electrons. The summed E-state index contributed by atoms with van der Waals surface area (Å²) >= 11 is 0. The van der Waals surface area contributed by atoms with E-state index in [2.05, 4.69) is 15.0 Å². The summed E-state index contributed by atoms with van der Waals surface area (Å²) in [6.45, 7) is 2.24. The SMILES string of the molecule is CN1CCOC(c2noc(-c3ccc(N)cc3O)n2)C1. The standard InChI is InChI=1S/C13H16N4O3/c1-17-4-5-19-11(7-17)12-15-13(20-16-12)9-3-2-8(14)6-10(9)18/h2-3,6,11,18H,4-5,7,14H2,1H3. The van der Waals surface area contributed by atoms with Gasteiger partial charge in [-0.25, -0.2) is 0 Å². The maximum atomic E-state index is 9.86. The van der Waals surface area contributed by atoms with Crippen molar-refractivity contribution in [1.29, 1.82) is 0 Å². The highest BCUT2D eigenvalue weighted by Gasteiger charge is 2.25. The molecule has 3 N–H and O–H groups in total. The molecule has 3 rings (SSSR count). The second-order valence-corrected chi connectivity index (χ2v) is 4.86. The van der Waals surface area contributed by atoms with Gasteiger partial charge in [0, 0.05) is 24.8 Å². The lowest BCUT2D eigenvalue weighted by atomic mass is 10.2. The largest absolute Gasteiger partial charge is 0.507 e. The molecule has 1 fully saturated rings. The van der Waals surface area contributed by atoms with Crippen molar-refractivity contribution >= 4 is 5.69 Å². The first kappa shape index (κ1) is 12.9. The molecule has 0 aliphatic carbocycles. The van der Waals surface area contributed by atoms with Gasteiger partial charge in [0.1, 0.15) is 11.9 Å². The predicted octanol–water partition coefficient (Wildman–Crippen LogP) is 1.03. The number of ether oxygens (including phenoxy) is 1. The van der Waals surface area contributed by atoms with Crippen molar-refractivity contribution in [1.82, 2.24) is 15.0 Å². The molecule has 20 heavy (non-hydrogen) atoms. The van der Waals surface area contributed by atoms with Crippen LogP contribution in [-0.2, 0) is 4.74 Å². The smallest absolute Gasteiger partial charge is 0.261 e. The number of anilines is 1. The maximum absolute atomic E-state index is 9.86. The summed E-state index contributed by atoms with van der Waals surface area (Å²) in [5, 5.41) is 13.8. The summed E-state index contributed by atoms with van der Waals surface area (Å²) in [4.78, 5) is 6.44. The molecule has 0 saturated carbocycles. The van der Waals surface area contributed by atoms with E-state index < -0.39 is 0 Å². The Morgan fingerprint density at radius 3 is 3.05 bits per heavy atom. The zero-order valence-electron chi connectivity index (χ0n) is 11.1. The number of phenols is 1. The fourth-order valence-corrected chi connectivity index (χ4v) is 2.14. The third kappa shape index (κ3) is 2.45. The highest BCUT2D eigenvalue weighted by atomic mass is 16.5. The van der Waals surface area contributed by atoms with Gasteiger partial charge in [0.2, 0.25) is 5.82 Å². The average molecular weight is 276 g/mol. The van der Waals surface area contributed by atoms with E-state index in [1.54, 1.807) is 12.1 Å². The van der Waals surface area contributed by atoms with Crippen molar-refractivity contribution in [2.45, 2.75) is 6.10 Å². The predicted molar refractivity (Wildman–Crippen MR) is 72.0 cm³/mol. The molecule has 0 radical (unpaired) electrons. The van der Waals surface area contributed by atoms with Crippen LogP contribution >= 0.6 is 0 Å². The minimum atomic E-state index is -0.206. The summed E-state index contributed by atoms with van der Waals surface area (Å²) in [5.74, 6) is 0.763. The van der Waals surface area contributed by atoms with Crippen LogP contribution in [0.2, 0.25) is 0 Å². The van der Waals surface area contributed by atoms with Gasteiger partial charge in [0.05, 0.1) is 12.2 Å². The van der Waals surface area contributed by atoms with Crippen molar-refractivity contribution in [2.75, 3.05) is 32.5 Å². The molecule has 2 heterocycles. The molecule has 2 aromatic rings. The summed E-state index contributed by atoms with van der Waals surface area (Å²) in [6, 6.07) is 4.77. The number of nitrogens with zero attached hydrogens (tertiary/aromatic N) is 3. The fraction of sp³-hybridized carbons (Fsp3) is 0.385. The third-order valence-corrected chi connectivity index (χ3v) is 3.25. The van der Waals surface area contributed by atoms with Gasteiger partial charge in [-0.05, 0) is 19.2 Å². The third-order valence-electron chi connectivity index (χ3n) is 3.25. The van der Waals surface area contributed by atoms with Crippen LogP contribution < -0.4 is 5.73 Å². The van der Waals surface area contributed by atoms with Gasteiger partial charge in [-0.2, -0.15) is 4.98 Å². The lowest BCUT2D eigenvalue weighted by Gasteiger charge is -2.27. The molecule has 1 aromatic heterocycles. The molecule has 1 aliphatic heterocycles. The van der Waals surface area contributed by atoms with Crippen LogP contribution in [0.1, 0.15) is 11.9 Å². The van der Waals surface area contributed by atoms with E-state index in [1.807, 2.05) is 7.05 Å². The molecule has 7 heteroatoms. The number of rotatable bonds is 2. The number of aromatic hydroxyl groups is 1. The first-order chi connectivity index (χ1) is 9.63. The minimum absolute atomic E-state index is 0.0156. The van der Waals surface area contributed by atoms with E-state index in [4.69, 9.17) is 15.0 Å². The van der Waals surface area contributed by atoms with Crippen LogP contribution in [0, 0.1) is 0 Å². The van der Waals surface area contributed by atoms with Crippen LogP contribution in [0.25, 0.3) is 11.5 Å². The quantitative estimate of drug-likeness (QED) is 0.790. The van der Waals surface area contributed by atoms with Gasteiger partial charge in [0.15, 0.2) is 0 Å². The average Bonchev–Trinajstić information content (AvgIpc) is 2.88. The van der Waals surface area contributed by atoms with Gasteiger partial charge >= 0.3 is 0 Å². The van der Waals surface area contributed by atoms with E-state index in [9.17, 15) is 5.11 Å². The van der Waals surface area contributed by atoms with E-state index in [-0.39, 0.29) is 17.7 Å². The van der Waals surface area contributed by atoms with Crippen molar-refractivity contribution in [3.63, 3.8) is 0 Å². The zero-order valence-corrected chi connectivity index (χ0v) is 11.1. The molecule has 1 aliphatic rings. The van der Waals surface area contributed by atoms with Crippen LogP contribution in [-0.4, -0.2) is 46.9 Å². The molecule has 1 saturated heterocycles. The second kappa shape index (κ2) is 5.10. The van der Waals surface area contributed by atoms with Crippen LogP contribution in [0.5, 0.6) is 5.75 Å². The highest BCUT2D eigenvalue weighted by Crippen LogP contribution is 2.30. The zero-order chi connectivity index (χ0) is 14.1. The fourth-order valence-electron chi connectivity index (χ4n) is 2.14. The lowest BCUT2D eigenvalue weighted by molar-refractivity contribution is -0.0264. The molecule has 7 nitrogen and oxygen atoms in total. The summed E-state index contributed by atoms with van der Waals surface area (Å²) in [6.07, 6.45) is -0.206. The van der Waals surface area contributed by atoms with Crippen molar-refractivity contribution in [3.8, 4) is 17.2 Å². The molecule has 1 unspecified atom stereocenters. The normalized spacial score (nSPS) is 20.1. The first-order valence-corrected chi connectivity index (χ1v) is 6.36. The number of hydrogen-bond donors (Lipinski definition) is 2. The lowest BCUT2D eigenvalue weighted by Crippen LogP contribution is -2.35. The Labute approximate surface area is 115 Å². The van der Waals surface area contributed by atoms with Gasteiger partial charge in [-0.15, -0.1) is 0 Å². The van der Waals surface area contributed by atoms with Crippen LogP contribution in [0.15, 0.2) is 22.7 Å². The van der Waals surface area contributed by atoms with Crippen LogP contribution in [0.3, 0.4) is 0 Å². The van der Waals surface area contributed by atoms with Crippen LogP contribution in [0.4, 0.5) is 5.69 Å². The number of benzene rings is 1. The Kier molecular flexibility index (Phi) is 3.29. The van der Waals surface area contributed by atoms with Gasteiger partial charge < -0.3 is 25.0 Å². The Hall–Kier alpha value is -2.12. The number of morpholine rings is 1. The molecule has 1 atom stereocenters. The van der Waals surface area contributed by atoms with Crippen molar-refractivity contribution in [3.05, 3.63) is 24.0 Å². The van der Waals surface area contributed by atoms with Gasteiger partial charge in [-0.3, -0.25) is 0 Å². The Bertz CT molecular complexity index is 613. The summed E-state index contributed by atoms with van der Waals surface area (Å²) < 4.78 is 10.8. The van der Waals surface area contributed by atoms with Gasteiger partial charge in [-0.1, -0.05) is 5.16 Å². The van der Waals surface area contributed by atoms with E-state index in [0.29, 0.717) is 30.2 Å². The maximum Gasteiger partial charge on any atom is 0.261 e. The van der Waals surface area contributed by atoms with Crippen molar-refractivity contribution < 1.29 is 14.4 Å². The molecule has 0 bridgehead atoms. The molecule has 1 aromatic carbocycles. The van der Waals surface area contributed by atoms with E-state index in [1.165, 1.54) is 6.07 Å².